The number of fused-ring (bicyclic) bond motifs is 1. The normalized spacial score (nSPS) is 39.0. The van der Waals surface area contributed by atoms with Crippen LogP contribution < -0.4 is 0 Å². The summed E-state index contributed by atoms with van der Waals surface area (Å²) < 4.78 is 5.15. The predicted octanol–water partition coefficient (Wildman–Crippen LogP) is 1.20. The van der Waals surface area contributed by atoms with Gasteiger partial charge >= 0.3 is 5.97 Å². The maximum atomic E-state index is 10.8. The Hall–Kier alpha value is -0.180. The van der Waals surface area contributed by atoms with Gasteiger partial charge in [0.05, 0.1) is 5.75 Å². The second kappa shape index (κ2) is 2.46. The molecule has 1 aliphatic heterocycles. The zero-order valence-electron chi connectivity index (χ0n) is 5.71. The van der Waals surface area contributed by atoms with Crippen molar-refractivity contribution in [3.8, 4) is 0 Å². The van der Waals surface area contributed by atoms with Crippen molar-refractivity contribution >= 4 is 17.7 Å². The third kappa shape index (κ3) is 1.03. The van der Waals surface area contributed by atoms with Gasteiger partial charge in [0.1, 0.15) is 6.10 Å². The van der Waals surface area contributed by atoms with E-state index in [1.165, 1.54) is 12.8 Å². The molecule has 1 aliphatic carbocycles. The van der Waals surface area contributed by atoms with Crippen LogP contribution in [0.5, 0.6) is 0 Å². The van der Waals surface area contributed by atoms with Gasteiger partial charge in [0.15, 0.2) is 0 Å². The van der Waals surface area contributed by atoms with E-state index < -0.39 is 0 Å². The number of hydrogen-bond donors (Lipinski definition) is 0. The zero-order chi connectivity index (χ0) is 6.97. The Morgan fingerprint density at radius 1 is 1.50 bits per heavy atom. The number of hydrogen-bond acceptors (Lipinski definition) is 3. The first-order valence-corrected chi connectivity index (χ1v) is 4.72. The molecule has 0 N–H and O–H groups in total. The van der Waals surface area contributed by atoms with Crippen LogP contribution in [0.15, 0.2) is 0 Å². The smallest absolute Gasteiger partial charge is 0.316 e. The minimum absolute atomic E-state index is 0.0202. The lowest BCUT2D eigenvalue weighted by atomic mass is 10.3. The van der Waals surface area contributed by atoms with Gasteiger partial charge in [-0.2, -0.15) is 0 Å². The van der Waals surface area contributed by atoms with Gasteiger partial charge in [-0.25, -0.2) is 0 Å². The fraction of sp³-hybridized carbons (Fsp3) is 0.857. The van der Waals surface area contributed by atoms with Crippen LogP contribution in [0.3, 0.4) is 0 Å². The largest absolute Gasteiger partial charge is 0.461 e. The van der Waals surface area contributed by atoms with E-state index in [0.717, 1.165) is 6.42 Å². The van der Waals surface area contributed by atoms with Crippen LogP contribution in [-0.4, -0.2) is 23.1 Å². The molecule has 2 aliphatic rings. The fourth-order valence-corrected chi connectivity index (χ4v) is 2.75. The Morgan fingerprint density at radius 2 is 2.40 bits per heavy atom. The lowest BCUT2D eigenvalue weighted by Crippen LogP contribution is -2.31. The molecule has 1 heterocycles. The Balaban J connectivity index is 2.03. The molecule has 0 aromatic carbocycles. The third-order valence-corrected chi connectivity index (χ3v) is 3.46. The first kappa shape index (κ1) is 6.53. The average Bonchev–Trinajstić information content (AvgIpc) is 2.33. The second-order valence-corrected chi connectivity index (χ2v) is 4.04. The van der Waals surface area contributed by atoms with E-state index in [1.807, 2.05) is 0 Å². The number of thioether (sulfide) groups is 1. The zero-order valence-corrected chi connectivity index (χ0v) is 6.52. The molecule has 0 bridgehead atoms. The molecule has 0 spiro atoms. The van der Waals surface area contributed by atoms with Crippen molar-refractivity contribution < 1.29 is 9.53 Å². The van der Waals surface area contributed by atoms with Gasteiger partial charge in [0.2, 0.25) is 0 Å². The van der Waals surface area contributed by atoms with Crippen molar-refractivity contribution in [3.05, 3.63) is 0 Å². The summed E-state index contributed by atoms with van der Waals surface area (Å²) in [5, 5.41) is 0.623. The monoisotopic (exact) mass is 158 g/mol. The minimum atomic E-state index is -0.0202. The van der Waals surface area contributed by atoms with Crippen LogP contribution in [-0.2, 0) is 9.53 Å². The van der Waals surface area contributed by atoms with E-state index in [4.69, 9.17) is 4.74 Å². The van der Waals surface area contributed by atoms with E-state index in [0.29, 0.717) is 11.0 Å². The van der Waals surface area contributed by atoms with Crippen molar-refractivity contribution in [3.63, 3.8) is 0 Å². The lowest BCUT2D eigenvalue weighted by molar-refractivity contribution is -0.146. The van der Waals surface area contributed by atoms with Gasteiger partial charge in [-0.1, -0.05) is 0 Å². The van der Waals surface area contributed by atoms with Crippen molar-refractivity contribution in [2.75, 3.05) is 5.75 Å². The second-order valence-electron chi connectivity index (χ2n) is 2.81. The van der Waals surface area contributed by atoms with Gasteiger partial charge in [-0.05, 0) is 19.3 Å². The molecule has 3 heteroatoms. The van der Waals surface area contributed by atoms with Crippen LogP contribution in [0.1, 0.15) is 19.3 Å². The molecule has 0 aromatic rings. The van der Waals surface area contributed by atoms with E-state index in [1.54, 1.807) is 11.8 Å². The summed E-state index contributed by atoms with van der Waals surface area (Å²) >= 11 is 1.77. The van der Waals surface area contributed by atoms with Crippen molar-refractivity contribution in [2.24, 2.45) is 0 Å². The molecule has 10 heavy (non-hydrogen) atoms. The highest BCUT2D eigenvalue weighted by Crippen LogP contribution is 2.35. The van der Waals surface area contributed by atoms with Crippen LogP contribution in [0.2, 0.25) is 0 Å². The molecule has 2 rings (SSSR count). The Kier molecular flexibility index (Phi) is 1.60. The molecule has 2 atom stereocenters. The summed E-state index contributed by atoms with van der Waals surface area (Å²) in [7, 11) is 0. The minimum Gasteiger partial charge on any atom is -0.461 e. The van der Waals surface area contributed by atoms with Crippen molar-refractivity contribution in [2.45, 2.75) is 30.6 Å². The van der Waals surface area contributed by atoms with Gasteiger partial charge in [-0.3, -0.25) is 4.79 Å². The summed E-state index contributed by atoms with van der Waals surface area (Å²) in [6.07, 6.45) is 3.81. The van der Waals surface area contributed by atoms with E-state index in [9.17, 15) is 4.79 Å². The van der Waals surface area contributed by atoms with Crippen LogP contribution in [0, 0.1) is 0 Å². The summed E-state index contributed by atoms with van der Waals surface area (Å²) in [5.74, 6) is 0.550. The maximum Gasteiger partial charge on any atom is 0.316 e. The number of carbonyl (C=O) groups is 1. The van der Waals surface area contributed by atoms with Crippen LogP contribution in [0.25, 0.3) is 0 Å². The Labute approximate surface area is 64.3 Å². The van der Waals surface area contributed by atoms with Crippen molar-refractivity contribution in [1.82, 2.24) is 0 Å². The van der Waals surface area contributed by atoms with E-state index in [2.05, 4.69) is 0 Å². The van der Waals surface area contributed by atoms with Gasteiger partial charge in [-0.15, -0.1) is 11.8 Å². The van der Waals surface area contributed by atoms with Gasteiger partial charge in [0.25, 0.3) is 0 Å². The Morgan fingerprint density at radius 3 is 3.30 bits per heavy atom. The first-order valence-electron chi connectivity index (χ1n) is 3.67. The lowest BCUT2D eigenvalue weighted by Gasteiger charge is -2.24. The highest BCUT2D eigenvalue weighted by Gasteiger charge is 2.34. The molecular weight excluding hydrogens is 148 g/mol. The molecule has 56 valence electrons. The average molecular weight is 158 g/mol. The molecule has 0 amide bonds. The number of rotatable bonds is 0. The fourth-order valence-electron chi connectivity index (χ4n) is 1.60. The highest BCUT2D eigenvalue weighted by molar-refractivity contribution is 8.00. The Bertz CT molecular complexity index is 158. The molecule has 0 aromatic heterocycles. The number of esters is 1. The number of carbonyl (C=O) groups excluding carboxylic acids is 1. The van der Waals surface area contributed by atoms with E-state index in [-0.39, 0.29) is 12.1 Å². The molecule has 2 nitrogen and oxygen atoms in total. The summed E-state index contributed by atoms with van der Waals surface area (Å²) in [5.41, 5.74) is 0. The van der Waals surface area contributed by atoms with Gasteiger partial charge < -0.3 is 4.74 Å². The first-order chi connectivity index (χ1) is 4.86. The van der Waals surface area contributed by atoms with Crippen LogP contribution >= 0.6 is 11.8 Å². The molecule has 1 saturated heterocycles. The summed E-state index contributed by atoms with van der Waals surface area (Å²) in [6, 6.07) is 0. The molecular formula is C7H10O2S. The number of ether oxygens (including phenoxy) is 1. The van der Waals surface area contributed by atoms with Crippen molar-refractivity contribution in [1.29, 1.82) is 0 Å². The highest BCUT2D eigenvalue weighted by atomic mass is 32.2. The van der Waals surface area contributed by atoms with E-state index >= 15 is 0 Å². The third-order valence-electron chi connectivity index (χ3n) is 2.09. The summed E-state index contributed by atoms with van der Waals surface area (Å²) in [6.45, 7) is 0. The van der Waals surface area contributed by atoms with Crippen LogP contribution in [0.4, 0.5) is 0 Å². The molecule has 2 fully saturated rings. The molecule has 2 unspecified atom stereocenters. The SMILES string of the molecule is O=C1CSC2CCCC2O1. The topological polar surface area (TPSA) is 26.3 Å². The maximum absolute atomic E-state index is 10.8. The summed E-state index contributed by atoms with van der Waals surface area (Å²) in [4.78, 5) is 10.8. The quantitative estimate of drug-likeness (QED) is 0.495. The predicted molar refractivity (Wildman–Crippen MR) is 40.0 cm³/mol. The molecule has 0 radical (unpaired) electrons. The standard InChI is InChI=1S/C7H10O2S/c8-7-4-10-6-3-1-2-5(6)9-7/h5-6H,1-4H2. The molecule has 1 saturated carbocycles. The van der Waals surface area contributed by atoms with Gasteiger partial charge in [0, 0.05) is 5.25 Å².